The normalized spacial score (nSPS) is 10.7. The van der Waals surface area contributed by atoms with E-state index in [0.29, 0.717) is 22.9 Å². The fourth-order valence-electron chi connectivity index (χ4n) is 3.10. The predicted molar refractivity (Wildman–Crippen MR) is 106 cm³/mol. The van der Waals surface area contributed by atoms with Gasteiger partial charge in [-0.2, -0.15) is 0 Å². The molecule has 0 atom stereocenters. The van der Waals surface area contributed by atoms with Gasteiger partial charge >= 0.3 is 0 Å². The molecule has 0 saturated heterocycles. The third kappa shape index (κ3) is 3.92. The summed E-state index contributed by atoms with van der Waals surface area (Å²) in [5.41, 5.74) is 4.71. The van der Waals surface area contributed by atoms with Gasteiger partial charge < -0.3 is 18.7 Å². The van der Waals surface area contributed by atoms with Crippen molar-refractivity contribution < 1.29 is 18.7 Å². The largest absolute Gasteiger partial charge is 0.497 e. The highest BCUT2D eigenvalue weighted by atomic mass is 16.5. The van der Waals surface area contributed by atoms with Crippen LogP contribution in [0.4, 0.5) is 0 Å². The second kappa shape index (κ2) is 8.62. The van der Waals surface area contributed by atoms with Crippen LogP contribution in [-0.4, -0.2) is 26.5 Å². The van der Waals surface area contributed by atoms with E-state index in [0.717, 1.165) is 23.1 Å². The molecule has 1 heterocycles. The van der Waals surface area contributed by atoms with Crippen LogP contribution in [0, 0.1) is 0 Å². The number of aryl methyl sites for hydroxylation is 1. The Hall–Kier alpha value is -2.95. The van der Waals surface area contributed by atoms with Crippen LogP contribution in [0.3, 0.4) is 0 Å². The van der Waals surface area contributed by atoms with E-state index in [2.05, 4.69) is 36.3 Å². The smallest absolute Gasteiger partial charge is 0.170 e. The molecule has 27 heavy (non-hydrogen) atoms. The number of hydrogen-bond donors (Lipinski definition) is 0. The summed E-state index contributed by atoms with van der Waals surface area (Å²) in [5.74, 6) is 1.83. The Labute approximate surface area is 159 Å². The third-order valence-corrected chi connectivity index (χ3v) is 4.60. The fraction of sp³-hybridized carbons (Fsp3) is 0.318. The molecule has 0 fully saturated rings. The van der Waals surface area contributed by atoms with Crippen molar-refractivity contribution in [1.29, 1.82) is 0 Å². The fourth-order valence-corrected chi connectivity index (χ4v) is 3.10. The van der Waals surface area contributed by atoms with E-state index >= 15 is 0 Å². The van der Waals surface area contributed by atoms with E-state index in [1.807, 2.05) is 6.07 Å². The predicted octanol–water partition coefficient (Wildman–Crippen LogP) is 5.38. The second-order valence-electron chi connectivity index (χ2n) is 6.29. The molecule has 0 spiro atoms. The molecular weight excluding hydrogens is 342 g/mol. The summed E-state index contributed by atoms with van der Waals surface area (Å²) in [6.45, 7) is 2.20. The zero-order chi connectivity index (χ0) is 19.2. The molecule has 0 aliphatic rings. The van der Waals surface area contributed by atoms with Gasteiger partial charge in [-0.25, -0.2) is 0 Å². The van der Waals surface area contributed by atoms with Crippen LogP contribution in [0.25, 0.3) is 22.4 Å². The lowest BCUT2D eigenvalue weighted by Crippen LogP contribution is -1.96. The van der Waals surface area contributed by atoms with Crippen molar-refractivity contribution in [2.24, 2.45) is 0 Å². The van der Waals surface area contributed by atoms with Gasteiger partial charge in [0.2, 0.25) is 0 Å². The molecule has 1 aromatic heterocycles. The average molecular weight is 367 g/mol. The molecule has 3 aromatic rings. The van der Waals surface area contributed by atoms with Crippen molar-refractivity contribution in [3.63, 3.8) is 0 Å². The van der Waals surface area contributed by atoms with Crippen LogP contribution in [0.15, 0.2) is 47.2 Å². The zero-order valence-electron chi connectivity index (χ0n) is 16.2. The van der Waals surface area contributed by atoms with E-state index < -0.39 is 0 Å². The Morgan fingerprint density at radius 1 is 0.926 bits per heavy atom. The Morgan fingerprint density at radius 2 is 1.70 bits per heavy atom. The maximum absolute atomic E-state index is 5.58. The van der Waals surface area contributed by atoms with Gasteiger partial charge in [-0.05, 0) is 30.0 Å². The van der Waals surface area contributed by atoms with Crippen molar-refractivity contribution in [3.05, 3.63) is 48.2 Å². The number of methoxy groups -OCH3 is 3. The summed E-state index contributed by atoms with van der Waals surface area (Å²) >= 11 is 0. The summed E-state index contributed by atoms with van der Waals surface area (Å²) in [6.07, 6.45) is 5.13. The monoisotopic (exact) mass is 367 g/mol. The number of hydrogen-bond acceptors (Lipinski definition) is 5. The van der Waals surface area contributed by atoms with E-state index in [1.54, 1.807) is 33.7 Å². The Morgan fingerprint density at radius 3 is 2.33 bits per heavy atom. The molecule has 0 radical (unpaired) electrons. The van der Waals surface area contributed by atoms with Crippen LogP contribution in [0.2, 0.25) is 0 Å². The van der Waals surface area contributed by atoms with Gasteiger partial charge in [0.25, 0.3) is 0 Å². The molecule has 0 amide bonds. The Bertz CT molecular complexity index is 884. The van der Waals surface area contributed by atoms with Crippen molar-refractivity contribution in [1.82, 2.24) is 5.16 Å². The maximum Gasteiger partial charge on any atom is 0.170 e. The zero-order valence-corrected chi connectivity index (χ0v) is 16.2. The Kier molecular flexibility index (Phi) is 6.01. The first-order valence-electron chi connectivity index (χ1n) is 9.05. The Balaban J connectivity index is 2.05. The van der Waals surface area contributed by atoms with Crippen LogP contribution in [0.1, 0.15) is 25.3 Å². The van der Waals surface area contributed by atoms with Gasteiger partial charge in [-0.3, -0.25) is 0 Å². The summed E-state index contributed by atoms with van der Waals surface area (Å²) < 4.78 is 21.7. The molecule has 3 rings (SSSR count). The lowest BCUT2D eigenvalue weighted by Gasteiger charge is -2.14. The third-order valence-electron chi connectivity index (χ3n) is 4.60. The quantitative estimate of drug-likeness (QED) is 0.535. The molecule has 5 nitrogen and oxygen atoms in total. The maximum atomic E-state index is 5.58. The standard InChI is InChI=1S/C22H25NO4/c1-5-6-7-15-8-10-16(11-9-15)19-14-27-23-21(19)18-12-17(24-2)13-20(25-3)22(18)26-4/h8-14H,5-7H2,1-4H3. The summed E-state index contributed by atoms with van der Waals surface area (Å²) in [7, 11) is 4.82. The van der Waals surface area contributed by atoms with E-state index in [1.165, 1.54) is 18.4 Å². The van der Waals surface area contributed by atoms with Gasteiger partial charge in [-0.1, -0.05) is 42.8 Å². The number of rotatable bonds is 8. The average Bonchev–Trinajstić information content (AvgIpc) is 3.21. The summed E-state index contributed by atoms with van der Waals surface area (Å²) in [6, 6.07) is 12.2. The number of ether oxygens (including phenoxy) is 3. The molecule has 0 N–H and O–H groups in total. The minimum Gasteiger partial charge on any atom is -0.497 e. The second-order valence-corrected chi connectivity index (χ2v) is 6.29. The molecule has 0 bridgehead atoms. The van der Waals surface area contributed by atoms with E-state index in [9.17, 15) is 0 Å². The van der Waals surface area contributed by atoms with Crippen LogP contribution in [0.5, 0.6) is 17.2 Å². The van der Waals surface area contributed by atoms with E-state index in [4.69, 9.17) is 18.7 Å². The van der Waals surface area contributed by atoms with Crippen molar-refractivity contribution in [2.75, 3.05) is 21.3 Å². The first-order valence-corrected chi connectivity index (χ1v) is 9.05. The molecule has 142 valence electrons. The van der Waals surface area contributed by atoms with Gasteiger partial charge in [0.05, 0.1) is 26.9 Å². The lowest BCUT2D eigenvalue weighted by molar-refractivity contribution is 0.349. The molecular formula is C22H25NO4. The molecule has 0 unspecified atom stereocenters. The SMILES string of the molecule is CCCCc1ccc(-c2conc2-c2cc(OC)cc(OC)c2OC)cc1. The summed E-state index contributed by atoms with van der Waals surface area (Å²) in [4.78, 5) is 0. The number of aromatic nitrogens is 1. The molecule has 5 heteroatoms. The molecule has 0 saturated carbocycles. The van der Waals surface area contributed by atoms with Crippen molar-refractivity contribution >= 4 is 0 Å². The van der Waals surface area contributed by atoms with Crippen LogP contribution in [-0.2, 0) is 6.42 Å². The number of benzene rings is 2. The topological polar surface area (TPSA) is 53.7 Å². The first-order chi connectivity index (χ1) is 13.2. The first kappa shape index (κ1) is 18.8. The van der Waals surface area contributed by atoms with Gasteiger partial charge in [0.1, 0.15) is 17.7 Å². The van der Waals surface area contributed by atoms with Gasteiger partial charge in [-0.15, -0.1) is 0 Å². The number of nitrogens with zero attached hydrogens (tertiary/aromatic N) is 1. The van der Waals surface area contributed by atoms with Crippen LogP contribution >= 0.6 is 0 Å². The molecule has 0 aliphatic carbocycles. The highest BCUT2D eigenvalue weighted by Crippen LogP contribution is 2.44. The van der Waals surface area contributed by atoms with E-state index in [-0.39, 0.29) is 0 Å². The van der Waals surface area contributed by atoms with Crippen LogP contribution < -0.4 is 14.2 Å². The minimum absolute atomic E-state index is 0.579. The highest BCUT2D eigenvalue weighted by molar-refractivity contribution is 5.85. The van der Waals surface area contributed by atoms with Crippen molar-refractivity contribution in [3.8, 4) is 39.6 Å². The van der Waals surface area contributed by atoms with Gasteiger partial charge in [0.15, 0.2) is 11.5 Å². The highest BCUT2D eigenvalue weighted by Gasteiger charge is 2.21. The lowest BCUT2D eigenvalue weighted by atomic mass is 9.98. The summed E-state index contributed by atoms with van der Waals surface area (Å²) in [5, 5.41) is 4.23. The molecule has 2 aromatic carbocycles. The molecule has 0 aliphatic heterocycles. The number of unbranched alkanes of at least 4 members (excludes halogenated alkanes) is 1. The van der Waals surface area contributed by atoms with Crippen molar-refractivity contribution in [2.45, 2.75) is 26.2 Å². The minimum atomic E-state index is 0.579. The van der Waals surface area contributed by atoms with Gasteiger partial charge in [0, 0.05) is 11.6 Å².